The number of hydrogen-bond acceptors (Lipinski definition) is 1. The smallest absolute Gasteiger partial charge is 0.0615 e. The molecule has 1 nitrogen and oxygen atoms in total. The number of fused-ring (bicyclic) bond motifs is 2. The molecule has 3 rings (SSSR count). The van der Waals surface area contributed by atoms with Crippen LogP contribution in [0.5, 0.6) is 0 Å². The maximum Gasteiger partial charge on any atom is 0.0615 e. The van der Waals surface area contributed by atoms with E-state index in [0.717, 1.165) is 5.56 Å². The van der Waals surface area contributed by atoms with Crippen molar-refractivity contribution in [2.75, 3.05) is 6.61 Å². The van der Waals surface area contributed by atoms with Crippen molar-refractivity contribution in [3.05, 3.63) is 66.2 Å². The number of aliphatic hydroxyl groups is 1. The lowest BCUT2D eigenvalue weighted by Crippen LogP contribution is -1.81. The van der Waals surface area contributed by atoms with E-state index in [9.17, 15) is 0 Å². The predicted molar refractivity (Wildman–Crippen MR) is 77.6 cm³/mol. The second kappa shape index (κ2) is 4.63. The highest BCUT2D eigenvalue weighted by Crippen LogP contribution is 2.26. The minimum Gasteiger partial charge on any atom is -0.392 e. The Hall–Kier alpha value is -2.12. The minimum absolute atomic E-state index is 0.0734. The fourth-order valence-corrected chi connectivity index (χ4v) is 2.32. The van der Waals surface area contributed by atoms with Gasteiger partial charge in [0.15, 0.2) is 0 Å². The van der Waals surface area contributed by atoms with Crippen molar-refractivity contribution < 1.29 is 5.11 Å². The predicted octanol–water partition coefficient (Wildman–Crippen LogP) is 4.00. The van der Waals surface area contributed by atoms with Gasteiger partial charge in [0.05, 0.1) is 6.61 Å². The summed E-state index contributed by atoms with van der Waals surface area (Å²) in [6.07, 6.45) is 3.74. The van der Waals surface area contributed by atoms with Crippen molar-refractivity contribution >= 4 is 27.6 Å². The Labute approximate surface area is 106 Å². The monoisotopic (exact) mass is 234 g/mol. The second-order valence-electron chi connectivity index (χ2n) is 4.35. The van der Waals surface area contributed by atoms with E-state index in [1.54, 1.807) is 6.08 Å². The summed E-state index contributed by atoms with van der Waals surface area (Å²) in [5.74, 6) is 0. The van der Waals surface area contributed by atoms with Gasteiger partial charge in [-0.15, -0.1) is 0 Å². The van der Waals surface area contributed by atoms with Gasteiger partial charge < -0.3 is 5.11 Å². The van der Waals surface area contributed by atoms with Crippen LogP contribution in [0.2, 0.25) is 0 Å². The zero-order valence-electron chi connectivity index (χ0n) is 10.0. The van der Waals surface area contributed by atoms with E-state index in [4.69, 9.17) is 5.11 Å². The van der Waals surface area contributed by atoms with Gasteiger partial charge in [-0.1, -0.05) is 54.6 Å². The molecule has 0 aromatic heterocycles. The zero-order chi connectivity index (χ0) is 12.4. The van der Waals surface area contributed by atoms with Crippen LogP contribution < -0.4 is 0 Å². The molecule has 18 heavy (non-hydrogen) atoms. The molecule has 3 aromatic rings. The summed E-state index contributed by atoms with van der Waals surface area (Å²) in [5, 5.41) is 13.8. The number of rotatable bonds is 2. The Kier molecular flexibility index (Phi) is 2.83. The highest BCUT2D eigenvalue weighted by atomic mass is 16.2. The van der Waals surface area contributed by atoms with Crippen LogP contribution in [-0.2, 0) is 0 Å². The van der Waals surface area contributed by atoms with Crippen LogP contribution in [-0.4, -0.2) is 11.7 Å². The molecule has 1 N–H and O–H groups in total. The van der Waals surface area contributed by atoms with Gasteiger partial charge in [-0.3, -0.25) is 0 Å². The third-order valence-corrected chi connectivity index (χ3v) is 3.18. The number of benzene rings is 3. The highest BCUT2D eigenvalue weighted by molar-refractivity contribution is 6.01. The molecule has 0 fully saturated rings. The standard InChI is InChI=1S/C17H14O/c18-10-4-9-13-7-3-8-16-11-14-5-1-2-6-15(14)12-17(13)16/h1-9,11-12,18H,10H2/b9-4+. The molecule has 0 aliphatic heterocycles. The summed E-state index contributed by atoms with van der Waals surface area (Å²) in [6, 6.07) is 19.0. The van der Waals surface area contributed by atoms with Crippen LogP contribution in [0.3, 0.4) is 0 Å². The highest BCUT2D eigenvalue weighted by Gasteiger charge is 2.00. The maximum absolute atomic E-state index is 8.88. The molecule has 0 unspecified atom stereocenters. The third kappa shape index (κ3) is 1.89. The van der Waals surface area contributed by atoms with Crippen molar-refractivity contribution in [3.8, 4) is 0 Å². The van der Waals surface area contributed by atoms with E-state index in [0.29, 0.717) is 0 Å². The molecule has 3 aromatic carbocycles. The first-order chi connectivity index (χ1) is 8.88. The number of aliphatic hydroxyl groups excluding tert-OH is 1. The van der Waals surface area contributed by atoms with Gasteiger partial charge in [0.25, 0.3) is 0 Å². The van der Waals surface area contributed by atoms with Gasteiger partial charge in [0, 0.05) is 0 Å². The molecule has 0 saturated heterocycles. The second-order valence-corrected chi connectivity index (χ2v) is 4.35. The molecular weight excluding hydrogens is 220 g/mol. The Morgan fingerprint density at radius 3 is 2.33 bits per heavy atom. The van der Waals surface area contributed by atoms with Crippen LogP contribution >= 0.6 is 0 Å². The van der Waals surface area contributed by atoms with Crippen LogP contribution in [0.4, 0.5) is 0 Å². The largest absolute Gasteiger partial charge is 0.392 e. The summed E-state index contributed by atoms with van der Waals surface area (Å²) in [7, 11) is 0. The quantitative estimate of drug-likeness (QED) is 0.664. The molecule has 0 heterocycles. The number of hydrogen-bond donors (Lipinski definition) is 1. The Balaban J connectivity index is 2.32. The first-order valence-corrected chi connectivity index (χ1v) is 6.07. The van der Waals surface area contributed by atoms with E-state index >= 15 is 0 Å². The first kappa shape index (κ1) is 11.0. The first-order valence-electron chi connectivity index (χ1n) is 6.07. The van der Waals surface area contributed by atoms with Crippen molar-refractivity contribution in [2.45, 2.75) is 0 Å². The van der Waals surface area contributed by atoms with Crippen LogP contribution in [0.1, 0.15) is 5.56 Å². The summed E-state index contributed by atoms with van der Waals surface area (Å²) >= 11 is 0. The van der Waals surface area contributed by atoms with Gasteiger partial charge >= 0.3 is 0 Å². The van der Waals surface area contributed by atoms with E-state index < -0.39 is 0 Å². The van der Waals surface area contributed by atoms with Crippen LogP contribution in [0.15, 0.2) is 60.7 Å². The van der Waals surface area contributed by atoms with Gasteiger partial charge in [-0.2, -0.15) is 0 Å². The normalized spacial score (nSPS) is 11.6. The maximum atomic E-state index is 8.88. The van der Waals surface area contributed by atoms with Crippen molar-refractivity contribution in [1.29, 1.82) is 0 Å². The summed E-state index contributed by atoms with van der Waals surface area (Å²) < 4.78 is 0. The lowest BCUT2D eigenvalue weighted by molar-refractivity contribution is 0.343. The average Bonchev–Trinajstić information content (AvgIpc) is 2.43. The van der Waals surface area contributed by atoms with Crippen LogP contribution in [0.25, 0.3) is 27.6 Å². The van der Waals surface area contributed by atoms with Gasteiger partial charge in [-0.25, -0.2) is 0 Å². The van der Waals surface area contributed by atoms with Crippen molar-refractivity contribution in [2.24, 2.45) is 0 Å². The summed E-state index contributed by atoms with van der Waals surface area (Å²) in [4.78, 5) is 0. The van der Waals surface area contributed by atoms with Gasteiger partial charge in [0.2, 0.25) is 0 Å². The lowest BCUT2D eigenvalue weighted by atomic mass is 9.99. The molecule has 0 radical (unpaired) electrons. The third-order valence-electron chi connectivity index (χ3n) is 3.18. The van der Waals surface area contributed by atoms with E-state index in [1.165, 1.54) is 21.5 Å². The summed E-state index contributed by atoms with van der Waals surface area (Å²) in [6.45, 7) is 0.0734. The summed E-state index contributed by atoms with van der Waals surface area (Å²) in [5.41, 5.74) is 1.15. The molecule has 0 bridgehead atoms. The SMILES string of the molecule is OC/C=C/c1cccc2cc3ccccc3cc12. The molecule has 0 aliphatic rings. The molecule has 0 atom stereocenters. The molecule has 0 amide bonds. The lowest BCUT2D eigenvalue weighted by Gasteiger charge is -2.05. The fraction of sp³-hybridized carbons (Fsp3) is 0.0588. The fourth-order valence-electron chi connectivity index (χ4n) is 2.32. The van der Waals surface area contributed by atoms with E-state index in [2.05, 4.69) is 48.5 Å². The van der Waals surface area contributed by atoms with E-state index in [1.807, 2.05) is 12.1 Å². The Bertz CT molecular complexity index is 726. The molecule has 88 valence electrons. The molecular formula is C17H14O. The van der Waals surface area contributed by atoms with Crippen LogP contribution in [0, 0.1) is 0 Å². The van der Waals surface area contributed by atoms with E-state index in [-0.39, 0.29) is 6.61 Å². The van der Waals surface area contributed by atoms with Crippen molar-refractivity contribution in [1.82, 2.24) is 0 Å². The minimum atomic E-state index is 0.0734. The van der Waals surface area contributed by atoms with Gasteiger partial charge in [0.1, 0.15) is 0 Å². The topological polar surface area (TPSA) is 20.2 Å². The molecule has 0 aliphatic carbocycles. The Morgan fingerprint density at radius 1 is 0.833 bits per heavy atom. The zero-order valence-corrected chi connectivity index (χ0v) is 10.0. The van der Waals surface area contributed by atoms with Crippen molar-refractivity contribution in [3.63, 3.8) is 0 Å². The molecule has 0 saturated carbocycles. The average molecular weight is 234 g/mol. The molecule has 1 heteroatoms. The molecule has 0 spiro atoms. The van der Waals surface area contributed by atoms with Gasteiger partial charge in [-0.05, 0) is 39.2 Å². The Morgan fingerprint density at radius 2 is 1.56 bits per heavy atom.